The number of methoxy groups -OCH3 is 1. The van der Waals surface area contributed by atoms with E-state index in [9.17, 15) is 4.79 Å². The fraction of sp³-hybridized carbons (Fsp3) is 0.526. The number of fused-ring (bicyclic) bond motifs is 1. The number of nitrogens with one attached hydrogen (secondary N) is 2. The quantitative estimate of drug-likeness (QED) is 0.330. The van der Waals surface area contributed by atoms with Crippen molar-refractivity contribution in [3.63, 3.8) is 0 Å². The van der Waals surface area contributed by atoms with Crippen LogP contribution in [0.2, 0.25) is 0 Å². The summed E-state index contributed by atoms with van der Waals surface area (Å²) in [4.78, 5) is 13.6. The zero-order valence-electron chi connectivity index (χ0n) is 15.8. The van der Waals surface area contributed by atoms with E-state index in [0.717, 1.165) is 55.0 Å². The average molecular weight is 407 g/mol. The number of anilines is 1. The van der Waals surface area contributed by atoms with Gasteiger partial charge in [-0.3, -0.25) is 4.68 Å². The Balaban J connectivity index is 1.59. The predicted octanol–water partition coefficient (Wildman–Crippen LogP) is 3.69. The molecule has 0 bridgehead atoms. The Bertz CT molecular complexity index is 813. The van der Waals surface area contributed by atoms with Crippen LogP contribution in [-0.4, -0.2) is 34.5 Å². The maximum Gasteiger partial charge on any atom is 0.341 e. The van der Waals surface area contributed by atoms with E-state index in [1.807, 2.05) is 23.9 Å². The van der Waals surface area contributed by atoms with Gasteiger partial charge in [-0.25, -0.2) is 4.79 Å². The Kier molecular flexibility index (Phi) is 6.84. The van der Waals surface area contributed by atoms with E-state index < -0.39 is 0 Å². The lowest BCUT2D eigenvalue weighted by Gasteiger charge is -2.11. The van der Waals surface area contributed by atoms with Gasteiger partial charge in [0.1, 0.15) is 5.00 Å². The number of nitrogens with zero attached hydrogens (tertiary/aromatic N) is 2. The smallest absolute Gasteiger partial charge is 0.341 e. The number of ether oxygens (including phenoxy) is 1. The number of hydrogen-bond acceptors (Lipinski definition) is 5. The minimum Gasteiger partial charge on any atom is -0.465 e. The normalized spacial score (nSPS) is 13.6. The van der Waals surface area contributed by atoms with Crippen LogP contribution in [0.15, 0.2) is 12.3 Å². The third-order valence-corrected chi connectivity index (χ3v) is 6.12. The Morgan fingerprint density at radius 1 is 1.37 bits per heavy atom. The van der Waals surface area contributed by atoms with Crippen LogP contribution < -0.4 is 10.6 Å². The lowest BCUT2D eigenvalue weighted by Crippen LogP contribution is -2.30. The maximum atomic E-state index is 12.4. The van der Waals surface area contributed by atoms with Crippen molar-refractivity contribution in [1.29, 1.82) is 0 Å². The first kappa shape index (κ1) is 19.8. The molecule has 6 nitrogen and oxygen atoms in total. The van der Waals surface area contributed by atoms with Crippen molar-refractivity contribution in [2.75, 3.05) is 19.0 Å². The van der Waals surface area contributed by atoms with Gasteiger partial charge in [0.2, 0.25) is 0 Å². The van der Waals surface area contributed by atoms with Gasteiger partial charge in [0.05, 0.1) is 18.4 Å². The summed E-state index contributed by atoms with van der Waals surface area (Å²) < 4.78 is 6.96. The summed E-state index contributed by atoms with van der Waals surface area (Å²) in [6, 6.07) is 1.99. The van der Waals surface area contributed by atoms with Crippen LogP contribution in [0.25, 0.3) is 0 Å². The third kappa shape index (κ3) is 5.07. The van der Waals surface area contributed by atoms with E-state index in [-0.39, 0.29) is 5.97 Å². The van der Waals surface area contributed by atoms with Crippen molar-refractivity contribution in [3.05, 3.63) is 34.0 Å². The number of carbonyl (C=O) groups excluding carboxylic acids is 1. The minimum atomic E-state index is -0.284. The molecule has 0 radical (unpaired) electrons. The highest BCUT2D eigenvalue weighted by molar-refractivity contribution is 7.80. The highest BCUT2D eigenvalue weighted by Crippen LogP contribution is 2.37. The molecule has 3 rings (SSSR count). The summed E-state index contributed by atoms with van der Waals surface area (Å²) in [5.74, 6) is -0.284. The lowest BCUT2D eigenvalue weighted by molar-refractivity contribution is 0.0601. The number of aromatic nitrogens is 2. The monoisotopic (exact) mass is 406 g/mol. The van der Waals surface area contributed by atoms with E-state index in [0.29, 0.717) is 10.7 Å². The number of rotatable bonds is 6. The molecule has 0 saturated carbocycles. The molecule has 1 aliphatic carbocycles. The summed E-state index contributed by atoms with van der Waals surface area (Å²) >= 11 is 7.06. The largest absolute Gasteiger partial charge is 0.465 e. The molecular formula is C19H26N4O2S2. The van der Waals surface area contributed by atoms with Gasteiger partial charge in [0.25, 0.3) is 0 Å². The number of thiophene rings is 1. The van der Waals surface area contributed by atoms with Crippen molar-refractivity contribution in [1.82, 2.24) is 15.1 Å². The standard InChI is InChI=1S/C19H26N4O2S2/c1-13-9-12-23(22-13)11-6-10-20-19(26)21-17-16(18(24)25-2)14-7-4-3-5-8-15(14)27-17/h9,12H,3-8,10-11H2,1-2H3,(H2,20,21,26). The molecule has 0 saturated heterocycles. The third-order valence-electron chi connectivity index (χ3n) is 4.66. The molecule has 8 heteroatoms. The number of thiocarbonyl (C=S) groups is 1. The number of hydrogen-bond donors (Lipinski definition) is 2. The summed E-state index contributed by atoms with van der Waals surface area (Å²) in [6.07, 6.45) is 8.34. The Morgan fingerprint density at radius 2 is 2.19 bits per heavy atom. The fourth-order valence-corrected chi connectivity index (χ4v) is 4.88. The van der Waals surface area contributed by atoms with Crippen LogP contribution in [0.3, 0.4) is 0 Å². The molecule has 27 heavy (non-hydrogen) atoms. The molecule has 0 atom stereocenters. The predicted molar refractivity (Wildman–Crippen MR) is 113 cm³/mol. The Hall–Kier alpha value is -1.93. The first-order valence-electron chi connectivity index (χ1n) is 9.36. The second-order valence-electron chi connectivity index (χ2n) is 6.71. The molecule has 0 unspecified atom stereocenters. The van der Waals surface area contributed by atoms with Gasteiger partial charge < -0.3 is 15.4 Å². The van der Waals surface area contributed by atoms with Crippen LogP contribution >= 0.6 is 23.6 Å². The molecule has 0 aromatic carbocycles. The highest BCUT2D eigenvalue weighted by atomic mass is 32.1. The van der Waals surface area contributed by atoms with Crippen LogP contribution in [0.4, 0.5) is 5.00 Å². The first-order chi connectivity index (χ1) is 13.1. The zero-order chi connectivity index (χ0) is 19.2. The van der Waals surface area contributed by atoms with Gasteiger partial charge in [-0.2, -0.15) is 5.10 Å². The van der Waals surface area contributed by atoms with E-state index in [1.165, 1.54) is 24.8 Å². The second-order valence-corrected chi connectivity index (χ2v) is 8.23. The Labute approximate surface area is 169 Å². The van der Waals surface area contributed by atoms with Crippen LogP contribution in [0.1, 0.15) is 52.2 Å². The number of aryl methyl sites for hydroxylation is 3. The van der Waals surface area contributed by atoms with Gasteiger partial charge in [-0.05, 0) is 62.9 Å². The van der Waals surface area contributed by atoms with E-state index in [1.54, 1.807) is 11.3 Å². The summed E-state index contributed by atoms with van der Waals surface area (Å²) in [7, 11) is 1.43. The van der Waals surface area contributed by atoms with E-state index >= 15 is 0 Å². The van der Waals surface area contributed by atoms with Crippen LogP contribution in [0, 0.1) is 6.92 Å². The second kappa shape index (κ2) is 9.32. The molecule has 146 valence electrons. The maximum absolute atomic E-state index is 12.4. The number of carbonyl (C=O) groups is 1. The average Bonchev–Trinajstić information content (AvgIpc) is 3.13. The van der Waals surface area contributed by atoms with Gasteiger partial charge >= 0.3 is 5.97 Å². The Morgan fingerprint density at radius 3 is 2.93 bits per heavy atom. The van der Waals surface area contributed by atoms with Gasteiger partial charge in [-0.1, -0.05) is 6.42 Å². The molecule has 2 N–H and O–H groups in total. The zero-order valence-corrected chi connectivity index (χ0v) is 17.5. The summed E-state index contributed by atoms with van der Waals surface area (Å²) in [5, 5.41) is 12.1. The van der Waals surface area contributed by atoms with E-state index in [2.05, 4.69) is 15.7 Å². The van der Waals surface area contributed by atoms with Crippen molar-refractivity contribution in [2.24, 2.45) is 0 Å². The van der Waals surface area contributed by atoms with Crippen molar-refractivity contribution < 1.29 is 9.53 Å². The summed E-state index contributed by atoms with van der Waals surface area (Å²) in [5.41, 5.74) is 2.83. The van der Waals surface area contributed by atoms with Crippen LogP contribution in [-0.2, 0) is 24.1 Å². The van der Waals surface area contributed by atoms with Gasteiger partial charge in [0, 0.05) is 24.2 Å². The van der Waals surface area contributed by atoms with Crippen molar-refractivity contribution in [2.45, 2.75) is 52.0 Å². The molecule has 2 aromatic heterocycles. The van der Waals surface area contributed by atoms with Crippen LogP contribution in [0.5, 0.6) is 0 Å². The molecule has 0 aliphatic heterocycles. The molecule has 1 aliphatic rings. The highest BCUT2D eigenvalue weighted by Gasteiger charge is 2.25. The molecule has 2 heterocycles. The van der Waals surface area contributed by atoms with Gasteiger partial charge in [-0.15, -0.1) is 11.3 Å². The molecule has 0 spiro atoms. The van der Waals surface area contributed by atoms with Gasteiger partial charge in [0.15, 0.2) is 5.11 Å². The number of esters is 1. The molecule has 2 aromatic rings. The SMILES string of the molecule is COC(=O)c1c(NC(=S)NCCCn2ccc(C)n2)sc2c1CCCCC2. The fourth-order valence-electron chi connectivity index (χ4n) is 3.33. The molecule has 0 fully saturated rings. The molecule has 0 amide bonds. The first-order valence-corrected chi connectivity index (χ1v) is 10.6. The lowest BCUT2D eigenvalue weighted by atomic mass is 10.1. The minimum absolute atomic E-state index is 0.284. The molecular weight excluding hydrogens is 380 g/mol. The topological polar surface area (TPSA) is 68.2 Å². The van der Waals surface area contributed by atoms with E-state index in [4.69, 9.17) is 17.0 Å². The summed E-state index contributed by atoms with van der Waals surface area (Å²) in [6.45, 7) is 3.56. The van der Waals surface area contributed by atoms with Crippen molar-refractivity contribution >= 4 is 39.6 Å². The van der Waals surface area contributed by atoms with Crippen molar-refractivity contribution in [3.8, 4) is 0 Å².